The van der Waals surface area contributed by atoms with Crippen molar-refractivity contribution in [2.24, 2.45) is 0 Å². The van der Waals surface area contributed by atoms with E-state index in [4.69, 9.17) is 11.6 Å². The summed E-state index contributed by atoms with van der Waals surface area (Å²) in [5.74, 6) is -1.07. The van der Waals surface area contributed by atoms with E-state index in [9.17, 15) is 9.90 Å². The molecule has 0 aliphatic heterocycles. The molecule has 0 aliphatic rings. The van der Waals surface area contributed by atoms with Crippen molar-refractivity contribution in [2.45, 2.75) is 32.7 Å². The summed E-state index contributed by atoms with van der Waals surface area (Å²) in [4.78, 5) is 11.3. The minimum atomic E-state index is -1.07. The molecule has 0 amide bonds. The predicted molar refractivity (Wildman–Crippen MR) is 77.0 cm³/mol. The van der Waals surface area contributed by atoms with Gasteiger partial charge >= 0.3 is 5.97 Å². The number of benzene rings is 1. The quantitative estimate of drug-likeness (QED) is 0.828. The van der Waals surface area contributed by atoms with Gasteiger partial charge in [0.2, 0.25) is 0 Å². The molecule has 0 saturated carbocycles. The van der Waals surface area contributed by atoms with Crippen LogP contribution in [0.25, 0.3) is 11.3 Å². The molecule has 0 atom stereocenters. The van der Waals surface area contributed by atoms with Crippen LogP contribution in [0.4, 0.5) is 0 Å². The van der Waals surface area contributed by atoms with Gasteiger partial charge in [0.05, 0.1) is 0 Å². The molecule has 5 nitrogen and oxygen atoms in total. The second kappa shape index (κ2) is 6.52. The lowest BCUT2D eigenvalue weighted by Gasteiger charge is -2.07. The number of carboxylic acid groups (broad SMARTS) is 1. The first kappa shape index (κ1) is 14.5. The number of hydrogen-bond donors (Lipinski definition) is 1. The van der Waals surface area contributed by atoms with E-state index in [1.807, 2.05) is 0 Å². The average molecular weight is 294 g/mol. The molecule has 1 aromatic heterocycles. The van der Waals surface area contributed by atoms with Gasteiger partial charge in [-0.05, 0) is 18.6 Å². The number of halogens is 1. The first-order chi connectivity index (χ1) is 9.63. The van der Waals surface area contributed by atoms with Gasteiger partial charge in [-0.15, -0.1) is 5.10 Å². The maximum atomic E-state index is 11.3. The van der Waals surface area contributed by atoms with Gasteiger partial charge in [-0.1, -0.05) is 48.7 Å². The fourth-order valence-corrected chi connectivity index (χ4v) is 2.14. The van der Waals surface area contributed by atoms with E-state index < -0.39 is 5.97 Å². The van der Waals surface area contributed by atoms with Crippen molar-refractivity contribution in [3.63, 3.8) is 0 Å². The van der Waals surface area contributed by atoms with Crippen LogP contribution in [0, 0.1) is 0 Å². The van der Waals surface area contributed by atoms with Gasteiger partial charge in [0.25, 0.3) is 0 Å². The molecule has 0 saturated heterocycles. The van der Waals surface area contributed by atoms with Crippen LogP contribution in [0.1, 0.15) is 36.7 Å². The zero-order valence-electron chi connectivity index (χ0n) is 11.2. The largest absolute Gasteiger partial charge is 0.476 e. The minimum absolute atomic E-state index is 0.0242. The molecule has 0 aliphatic carbocycles. The third-order valence-corrected chi connectivity index (χ3v) is 3.28. The van der Waals surface area contributed by atoms with Gasteiger partial charge in [-0.3, -0.25) is 0 Å². The highest BCUT2D eigenvalue weighted by Gasteiger charge is 2.20. The zero-order valence-corrected chi connectivity index (χ0v) is 12.0. The third-order valence-electron chi connectivity index (χ3n) is 3.03. The molecule has 0 bridgehead atoms. The summed E-state index contributed by atoms with van der Waals surface area (Å²) in [6.45, 7) is 2.77. The lowest BCUT2D eigenvalue weighted by atomic mass is 10.1. The number of carboxylic acids is 1. The lowest BCUT2D eigenvalue weighted by molar-refractivity contribution is 0.0691. The van der Waals surface area contributed by atoms with Crippen LogP contribution in [0.3, 0.4) is 0 Å². The van der Waals surface area contributed by atoms with Crippen molar-refractivity contribution < 1.29 is 9.90 Å². The van der Waals surface area contributed by atoms with Gasteiger partial charge in [0.15, 0.2) is 5.69 Å². The number of carbonyl (C=O) groups is 1. The molecule has 2 rings (SSSR count). The topological polar surface area (TPSA) is 68.0 Å². The molecule has 20 heavy (non-hydrogen) atoms. The molecule has 1 aromatic carbocycles. The van der Waals surface area contributed by atoms with Gasteiger partial charge < -0.3 is 5.11 Å². The standard InChI is InChI=1S/C14H16ClN3O2/c1-2-3-4-9-18-13(12(14(19)20)16-17-18)10-5-7-11(15)8-6-10/h5-8H,2-4,9H2,1H3,(H,19,20). The second-order valence-corrected chi connectivity index (χ2v) is 4.97. The summed E-state index contributed by atoms with van der Waals surface area (Å²) in [5.41, 5.74) is 1.27. The lowest BCUT2D eigenvalue weighted by Crippen LogP contribution is -2.05. The third kappa shape index (κ3) is 3.17. The summed E-state index contributed by atoms with van der Waals surface area (Å²) in [6.07, 6.45) is 3.11. The van der Waals surface area contributed by atoms with E-state index in [1.54, 1.807) is 28.9 Å². The number of aromatic carboxylic acids is 1. The van der Waals surface area contributed by atoms with Crippen LogP contribution >= 0.6 is 11.6 Å². The summed E-state index contributed by atoms with van der Waals surface area (Å²) < 4.78 is 1.66. The van der Waals surface area contributed by atoms with E-state index >= 15 is 0 Å². The van der Waals surface area contributed by atoms with Crippen LogP contribution in [-0.4, -0.2) is 26.1 Å². The van der Waals surface area contributed by atoms with Gasteiger partial charge in [0.1, 0.15) is 5.69 Å². The summed E-state index contributed by atoms with van der Waals surface area (Å²) in [7, 11) is 0. The summed E-state index contributed by atoms with van der Waals surface area (Å²) >= 11 is 5.86. The normalized spacial score (nSPS) is 10.7. The fourth-order valence-electron chi connectivity index (χ4n) is 2.02. The molecule has 106 valence electrons. The van der Waals surface area contributed by atoms with Crippen molar-refractivity contribution in [1.82, 2.24) is 15.0 Å². The molecule has 0 spiro atoms. The highest BCUT2D eigenvalue weighted by molar-refractivity contribution is 6.30. The van der Waals surface area contributed by atoms with Crippen LogP contribution < -0.4 is 0 Å². The Labute approximate surface area is 122 Å². The Hall–Kier alpha value is -1.88. The van der Waals surface area contributed by atoms with Gasteiger partial charge in [-0.25, -0.2) is 9.48 Å². The van der Waals surface area contributed by atoms with Crippen molar-refractivity contribution in [3.05, 3.63) is 35.0 Å². The number of aromatic nitrogens is 3. The van der Waals surface area contributed by atoms with Crippen molar-refractivity contribution in [3.8, 4) is 11.3 Å². The molecule has 1 heterocycles. The van der Waals surface area contributed by atoms with Crippen molar-refractivity contribution in [2.75, 3.05) is 0 Å². The van der Waals surface area contributed by atoms with Crippen molar-refractivity contribution >= 4 is 17.6 Å². The van der Waals surface area contributed by atoms with Crippen LogP contribution in [-0.2, 0) is 6.54 Å². The smallest absolute Gasteiger partial charge is 0.358 e. The minimum Gasteiger partial charge on any atom is -0.476 e. The molecule has 6 heteroatoms. The number of nitrogens with zero attached hydrogens (tertiary/aromatic N) is 3. The van der Waals surface area contributed by atoms with Crippen LogP contribution in [0.15, 0.2) is 24.3 Å². The summed E-state index contributed by atoms with van der Waals surface area (Å²) in [5, 5.41) is 17.6. The number of rotatable bonds is 6. The first-order valence-electron chi connectivity index (χ1n) is 6.56. The molecular weight excluding hydrogens is 278 g/mol. The Kier molecular flexibility index (Phi) is 4.74. The summed E-state index contributed by atoms with van der Waals surface area (Å²) in [6, 6.07) is 7.02. The molecule has 2 aromatic rings. The molecule has 1 N–H and O–H groups in total. The Morgan fingerprint density at radius 2 is 2.00 bits per heavy atom. The maximum absolute atomic E-state index is 11.3. The van der Waals surface area contributed by atoms with E-state index in [-0.39, 0.29) is 5.69 Å². The Morgan fingerprint density at radius 3 is 2.60 bits per heavy atom. The SMILES string of the molecule is CCCCCn1nnc(C(=O)O)c1-c1ccc(Cl)cc1. The molecular formula is C14H16ClN3O2. The Morgan fingerprint density at radius 1 is 1.30 bits per heavy atom. The molecule has 0 unspecified atom stereocenters. The Bertz CT molecular complexity index is 593. The van der Waals surface area contributed by atoms with E-state index in [1.165, 1.54) is 0 Å². The maximum Gasteiger partial charge on any atom is 0.358 e. The Balaban J connectivity index is 2.38. The van der Waals surface area contributed by atoms with Crippen LogP contribution in [0.5, 0.6) is 0 Å². The predicted octanol–water partition coefficient (Wildman–Crippen LogP) is 3.49. The van der Waals surface area contributed by atoms with E-state index in [0.29, 0.717) is 17.3 Å². The number of hydrogen-bond acceptors (Lipinski definition) is 3. The zero-order chi connectivity index (χ0) is 14.5. The molecule has 0 fully saturated rings. The second-order valence-electron chi connectivity index (χ2n) is 4.53. The van der Waals surface area contributed by atoms with Gasteiger partial charge in [-0.2, -0.15) is 0 Å². The van der Waals surface area contributed by atoms with Gasteiger partial charge in [0, 0.05) is 17.1 Å². The highest BCUT2D eigenvalue weighted by atomic mass is 35.5. The monoisotopic (exact) mass is 293 g/mol. The first-order valence-corrected chi connectivity index (χ1v) is 6.94. The van der Waals surface area contributed by atoms with E-state index in [2.05, 4.69) is 17.2 Å². The molecule has 0 radical (unpaired) electrons. The highest BCUT2D eigenvalue weighted by Crippen LogP contribution is 2.24. The fraction of sp³-hybridized carbons (Fsp3) is 0.357. The van der Waals surface area contributed by atoms with Crippen LogP contribution in [0.2, 0.25) is 5.02 Å². The van der Waals surface area contributed by atoms with Crippen molar-refractivity contribution in [1.29, 1.82) is 0 Å². The number of aryl methyl sites for hydroxylation is 1. The van der Waals surface area contributed by atoms with E-state index in [0.717, 1.165) is 24.8 Å². The number of unbranched alkanes of at least 4 members (excludes halogenated alkanes) is 2. The average Bonchev–Trinajstić information content (AvgIpc) is 2.84.